The van der Waals surface area contributed by atoms with Gasteiger partial charge in [-0.3, -0.25) is 14.5 Å². The Labute approximate surface area is 235 Å². The van der Waals surface area contributed by atoms with Gasteiger partial charge in [0.15, 0.2) is 0 Å². The van der Waals surface area contributed by atoms with Gasteiger partial charge in [0.2, 0.25) is 5.91 Å². The molecule has 2 amide bonds. The summed E-state index contributed by atoms with van der Waals surface area (Å²) in [5.41, 5.74) is 2.83. The largest absolute Gasteiger partial charge is 0.379 e. The summed E-state index contributed by atoms with van der Waals surface area (Å²) in [6, 6.07) is 18.7. The fraction of sp³-hybridized carbons (Fsp3) is 0.438. The zero-order valence-corrected chi connectivity index (χ0v) is 23.0. The average molecular weight is 547 g/mol. The molecule has 8 heteroatoms. The number of halogens is 1. The third-order valence-corrected chi connectivity index (χ3v) is 7.94. The van der Waals surface area contributed by atoms with E-state index >= 15 is 0 Å². The van der Waals surface area contributed by atoms with Crippen molar-refractivity contribution in [2.75, 3.05) is 39.4 Å². The molecule has 2 N–H and O–H groups in total. The van der Waals surface area contributed by atoms with Gasteiger partial charge in [-0.25, -0.2) is 4.39 Å². The van der Waals surface area contributed by atoms with Crippen LogP contribution in [0, 0.1) is 5.82 Å². The van der Waals surface area contributed by atoms with Crippen molar-refractivity contribution in [2.45, 2.75) is 50.6 Å². The number of rotatable bonds is 10. The molecule has 40 heavy (non-hydrogen) atoms. The molecule has 5 rings (SSSR count). The number of nitrogens with one attached hydrogen (secondary N) is 2. The second kappa shape index (κ2) is 13.7. The van der Waals surface area contributed by atoms with E-state index in [9.17, 15) is 14.0 Å². The highest BCUT2D eigenvalue weighted by Crippen LogP contribution is 2.27. The predicted octanol–water partition coefficient (Wildman–Crippen LogP) is 5.18. The fourth-order valence-electron chi connectivity index (χ4n) is 5.74. The van der Waals surface area contributed by atoms with E-state index in [1.807, 2.05) is 36.4 Å². The number of aromatic nitrogens is 1. The Balaban J connectivity index is 1.43. The zero-order valence-electron chi connectivity index (χ0n) is 23.0. The quantitative estimate of drug-likeness (QED) is 0.368. The zero-order chi connectivity index (χ0) is 27.7. The molecule has 0 bridgehead atoms. The Hall–Kier alpha value is -3.49. The van der Waals surface area contributed by atoms with Crippen molar-refractivity contribution in [3.8, 4) is 11.3 Å². The van der Waals surface area contributed by atoms with Crippen LogP contribution >= 0.6 is 0 Å². The normalized spacial score (nSPS) is 17.3. The molecule has 2 aliphatic rings. The Kier molecular flexibility index (Phi) is 9.63. The van der Waals surface area contributed by atoms with Gasteiger partial charge in [-0.05, 0) is 54.7 Å². The molecule has 2 aromatic carbocycles. The first-order chi connectivity index (χ1) is 19.6. The van der Waals surface area contributed by atoms with Crippen molar-refractivity contribution in [2.24, 2.45) is 0 Å². The van der Waals surface area contributed by atoms with Crippen molar-refractivity contribution in [3.05, 3.63) is 83.8 Å². The molecule has 1 aliphatic carbocycles. The number of carbonyl (C=O) groups is 2. The summed E-state index contributed by atoms with van der Waals surface area (Å²) in [6.45, 7) is 4.30. The maximum atomic E-state index is 14.2. The fourth-order valence-corrected chi connectivity index (χ4v) is 5.74. The van der Waals surface area contributed by atoms with Crippen LogP contribution in [0.15, 0.2) is 66.7 Å². The average Bonchev–Trinajstić information content (AvgIpc) is 3.49. The highest BCUT2D eigenvalue weighted by atomic mass is 19.1. The minimum absolute atomic E-state index is 0.0877. The van der Waals surface area contributed by atoms with Gasteiger partial charge in [0.1, 0.15) is 17.6 Å². The molecule has 1 atom stereocenters. The highest BCUT2D eigenvalue weighted by Gasteiger charge is 2.34. The summed E-state index contributed by atoms with van der Waals surface area (Å²) in [4.78, 5) is 35.3. The van der Waals surface area contributed by atoms with E-state index < -0.39 is 6.04 Å². The molecule has 0 unspecified atom stereocenters. The van der Waals surface area contributed by atoms with Crippen LogP contribution in [0.5, 0.6) is 0 Å². The third-order valence-electron chi connectivity index (χ3n) is 7.94. The summed E-state index contributed by atoms with van der Waals surface area (Å²) in [5, 5.41) is 3.23. The van der Waals surface area contributed by atoms with Crippen LogP contribution in [-0.2, 0) is 9.53 Å². The molecule has 2 fully saturated rings. The van der Waals surface area contributed by atoms with E-state index in [0.717, 1.165) is 56.6 Å². The second-order valence-electron chi connectivity index (χ2n) is 10.8. The van der Waals surface area contributed by atoms with Gasteiger partial charge in [-0.2, -0.15) is 0 Å². The van der Waals surface area contributed by atoms with Gasteiger partial charge in [0, 0.05) is 37.9 Å². The lowest BCUT2D eigenvalue weighted by Crippen LogP contribution is -2.48. The Morgan fingerprint density at radius 1 is 0.975 bits per heavy atom. The Morgan fingerprint density at radius 2 is 1.70 bits per heavy atom. The molecular weight excluding hydrogens is 507 g/mol. The maximum absolute atomic E-state index is 14.2. The summed E-state index contributed by atoms with van der Waals surface area (Å²) in [7, 11) is 0. The number of aromatic amines is 1. The number of benzene rings is 2. The minimum Gasteiger partial charge on any atom is -0.379 e. The molecule has 3 aromatic rings. The van der Waals surface area contributed by atoms with Crippen molar-refractivity contribution < 1.29 is 18.7 Å². The van der Waals surface area contributed by atoms with Crippen molar-refractivity contribution >= 4 is 11.8 Å². The van der Waals surface area contributed by atoms with Crippen LogP contribution in [0.25, 0.3) is 11.3 Å². The van der Waals surface area contributed by atoms with Crippen molar-refractivity contribution in [1.82, 2.24) is 20.1 Å². The van der Waals surface area contributed by atoms with Crippen molar-refractivity contribution in [1.29, 1.82) is 0 Å². The molecule has 212 valence electrons. The molecule has 1 saturated carbocycles. The number of carbonyl (C=O) groups excluding carboxylic acids is 2. The van der Waals surface area contributed by atoms with Crippen LogP contribution in [0.3, 0.4) is 0 Å². The molecule has 0 radical (unpaired) electrons. The van der Waals surface area contributed by atoms with Crippen LogP contribution in [0.1, 0.15) is 60.6 Å². The monoisotopic (exact) mass is 546 g/mol. The molecular formula is C32H39FN4O3. The number of ether oxygens (including phenoxy) is 1. The first kappa shape index (κ1) is 28.1. The lowest BCUT2D eigenvalue weighted by Gasteiger charge is -2.34. The Morgan fingerprint density at radius 3 is 2.42 bits per heavy atom. The van der Waals surface area contributed by atoms with Gasteiger partial charge in [0.05, 0.1) is 13.2 Å². The van der Waals surface area contributed by atoms with Crippen LogP contribution in [-0.4, -0.2) is 72.0 Å². The number of nitrogens with zero attached hydrogens (tertiary/aromatic N) is 2. The summed E-state index contributed by atoms with van der Waals surface area (Å²) >= 11 is 0. The predicted molar refractivity (Wildman–Crippen MR) is 153 cm³/mol. The molecule has 7 nitrogen and oxygen atoms in total. The minimum atomic E-state index is -0.872. The number of hydrogen-bond donors (Lipinski definition) is 2. The van der Waals surface area contributed by atoms with E-state index in [0.29, 0.717) is 37.4 Å². The third kappa shape index (κ3) is 7.17. The maximum Gasteiger partial charge on any atom is 0.271 e. The summed E-state index contributed by atoms with van der Waals surface area (Å²) < 4.78 is 19.4. The van der Waals surface area contributed by atoms with Crippen molar-refractivity contribution in [3.63, 3.8) is 0 Å². The highest BCUT2D eigenvalue weighted by molar-refractivity contribution is 5.97. The lowest BCUT2D eigenvalue weighted by atomic mass is 9.94. The molecule has 1 saturated heterocycles. The smallest absolute Gasteiger partial charge is 0.271 e. The Bertz CT molecular complexity index is 1230. The van der Waals surface area contributed by atoms with Crippen LogP contribution in [0.4, 0.5) is 4.39 Å². The number of hydrogen-bond acceptors (Lipinski definition) is 4. The second-order valence-corrected chi connectivity index (χ2v) is 10.8. The van der Waals surface area contributed by atoms with Gasteiger partial charge < -0.3 is 19.9 Å². The number of H-pyrrole nitrogens is 1. The standard InChI is InChI=1S/C32H39FN4O3/c33-26-14-12-25(13-15-26)30(31(38)34-27-10-5-2-6-11-27)37(19-7-18-36-20-22-40-23-21-36)32(39)29-17-16-28(35-29)24-8-3-1-4-9-24/h1,3-4,8-9,12-17,27,30,35H,2,5-7,10-11,18-23H2,(H,34,38)/t30-/m1/s1. The molecule has 1 aliphatic heterocycles. The number of amides is 2. The summed E-state index contributed by atoms with van der Waals surface area (Å²) in [5.74, 6) is -0.845. The van der Waals surface area contributed by atoms with Gasteiger partial charge in [-0.15, -0.1) is 0 Å². The summed E-state index contributed by atoms with van der Waals surface area (Å²) in [6.07, 6.45) is 5.91. The van der Waals surface area contributed by atoms with E-state index in [-0.39, 0.29) is 23.7 Å². The SMILES string of the molecule is O=C(NC1CCCCC1)[C@@H](c1ccc(F)cc1)N(CCCN1CCOCC1)C(=O)c1ccc(-c2ccccc2)[nH]1. The number of morpholine rings is 1. The van der Waals surface area contributed by atoms with Gasteiger partial charge in [0.25, 0.3) is 5.91 Å². The topological polar surface area (TPSA) is 77.7 Å². The van der Waals surface area contributed by atoms with E-state index in [1.54, 1.807) is 23.1 Å². The lowest BCUT2D eigenvalue weighted by molar-refractivity contribution is -0.127. The molecule has 2 heterocycles. The van der Waals surface area contributed by atoms with Crippen LogP contribution < -0.4 is 5.32 Å². The molecule has 0 spiro atoms. The van der Waals surface area contributed by atoms with E-state index in [4.69, 9.17) is 4.74 Å². The molecule has 1 aromatic heterocycles. The van der Waals surface area contributed by atoms with E-state index in [2.05, 4.69) is 15.2 Å². The van der Waals surface area contributed by atoms with Gasteiger partial charge in [-0.1, -0.05) is 61.7 Å². The van der Waals surface area contributed by atoms with Gasteiger partial charge >= 0.3 is 0 Å². The first-order valence-corrected chi connectivity index (χ1v) is 14.5. The van der Waals surface area contributed by atoms with Crippen LogP contribution in [0.2, 0.25) is 0 Å². The first-order valence-electron chi connectivity index (χ1n) is 14.5. The van der Waals surface area contributed by atoms with E-state index in [1.165, 1.54) is 18.6 Å².